The van der Waals surface area contributed by atoms with Gasteiger partial charge in [0.05, 0.1) is 17.1 Å². The van der Waals surface area contributed by atoms with Crippen LogP contribution >= 0.6 is 0 Å². The van der Waals surface area contributed by atoms with Crippen LogP contribution in [-0.4, -0.2) is 9.55 Å². The summed E-state index contributed by atoms with van der Waals surface area (Å²) in [5.74, 6) is 0.465. The smallest absolute Gasteiger partial charge is 0.126 e. The first-order valence-corrected chi connectivity index (χ1v) is 5.15. The Kier molecular flexibility index (Phi) is 2.75. The zero-order valence-corrected chi connectivity index (χ0v) is 9.15. The van der Waals surface area contributed by atoms with Gasteiger partial charge >= 0.3 is 0 Å². The molecule has 0 spiro atoms. The third kappa shape index (κ3) is 1.72. The molecule has 4 heteroatoms. The van der Waals surface area contributed by atoms with E-state index in [0.717, 1.165) is 11.3 Å². The van der Waals surface area contributed by atoms with Crippen LogP contribution in [0.3, 0.4) is 0 Å². The molecule has 1 unspecified atom stereocenters. The van der Waals surface area contributed by atoms with Crippen LogP contribution in [0.5, 0.6) is 0 Å². The summed E-state index contributed by atoms with van der Waals surface area (Å²) in [6.07, 6.45) is 1.77. The van der Waals surface area contributed by atoms with Crippen molar-refractivity contribution in [3.8, 4) is 0 Å². The first-order chi connectivity index (χ1) is 7.63. The predicted octanol–water partition coefficient (Wildman–Crippen LogP) is 2.38. The highest BCUT2D eigenvalue weighted by Gasteiger charge is 2.13. The van der Waals surface area contributed by atoms with Gasteiger partial charge in [0.15, 0.2) is 0 Å². The first-order valence-electron chi connectivity index (χ1n) is 5.15. The van der Waals surface area contributed by atoms with Crippen molar-refractivity contribution in [3.05, 3.63) is 42.5 Å². The summed E-state index contributed by atoms with van der Waals surface area (Å²) in [5.41, 5.74) is 7.35. The minimum Gasteiger partial charge on any atom is -0.323 e. The maximum Gasteiger partial charge on any atom is 0.126 e. The molecular weight excluding hydrogens is 205 g/mol. The van der Waals surface area contributed by atoms with Crippen molar-refractivity contribution >= 4 is 11.0 Å². The minimum atomic E-state index is -0.285. The molecule has 3 nitrogen and oxygen atoms in total. The quantitative estimate of drug-likeness (QED) is 0.805. The Balaban J connectivity index is 2.70. The molecule has 0 aliphatic carbocycles. The van der Waals surface area contributed by atoms with E-state index in [1.807, 2.05) is 11.5 Å². The van der Waals surface area contributed by atoms with E-state index in [4.69, 9.17) is 5.73 Å². The van der Waals surface area contributed by atoms with Crippen molar-refractivity contribution in [2.45, 2.75) is 19.5 Å². The molecule has 1 aromatic carbocycles. The molecule has 1 atom stereocenters. The third-order valence-corrected chi connectivity index (χ3v) is 2.46. The summed E-state index contributed by atoms with van der Waals surface area (Å²) in [6.45, 7) is 6.18. The lowest BCUT2D eigenvalue weighted by molar-refractivity contribution is 0.629. The normalized spacial score (nSPS) is 12.9. The maximum absolute atomic E-state index is 13.1. The molecular formula is C12H14FN3. The topological polar surface area (TPSA) is 43.8 Å². The highest BCUT2D eigenvalue weighted by molar-refractivity contribution is 5.76. The second-order valence-electron chi connectivity index (χ2n) is 3.79. The molecule has 0 aliphatic rings. The molecule has 1 heterocycles. The minimum absolute atomic E-state index is 0.185. The molecule has 0 amide bonds. The zero-order valence-electron chi connectivity index (χ0n) is 9.15. The molecule has 84 valence electrons. The van der Waals surface area contributed by atoms with E-state index < -0.39 is 0 Å². The van der Waals surface area contributed by atoms with E-state index in [1.54, 1.807) is 12.1 Å². The van der Waals surface area contributed by atoms with Crippen LogP contribution in [0.25, 0.3) is 11.0 Å². The Morgan fingerprint density at radius 1 is 1.62 bits per heavy atom. The predicted molar refractivity (Wildman–Crippen MR) is 62.5 cm³/mol. The zero-order chi connectivity index (χ0) is 11.7. The molecule has 0 radical (unpaired) electrons. The van der Waals surface area contributed by atoms with Gasteiger partial charge in [0.1, 0.15) is 11.6 Å². The lowest BCUT2D eigenvalue weighted by Gasteiger charge is -2.08. The molecule has 0 fully saturated rings. The van der Waals surface area contributed by atoms with Gasteiger partial charge in [-0.3, -0.25) is 0 Å². The monoisotopic (exact) mass is 219 g/mol. The van der Waals surface area contributed by atoms with E-state index in [9.17, 15) is 4.39 Å². The molecule has 0 saturated carbocycles. The number of allylic oxidation sites excluding steroid dienone is 1. The van der Waals surface area contributed by atoms with Gasteiger partial charge in [-0.1, -0.05) is 6.08 Å². The Bertz CT molecular complexity index is 528. The van der Waals surface area contributed by atoms with E-state index in [0.29, 0.717) is 12.1 Å². The van der Waals surface area contributed by atoms with E-state index >= 15 is 0 Å². The molecule has 0 bridgehead atoms. The Hall–Kier alpha value is -1.68. The number of fused-ring (bicyclic) bond motifs is 1. The number of imidazole rings is 1. The van der Waals surface area contributed by atoms with Gasteiger partial charge in [-0.05, 0) is 19.1 Å². The molecule has 2 N–H and O–H groups in total. The van der Waals surface area contributed by atoms with Gasteiger partial charge in [0.25, 0.3) is 0 Å². The number of benzene rings is 1. The number of halogens is 1. The van der Waals surface area contributed by atoms with Gasteiger partial charge in [-0.15, -0.1) is 6.58 Å². The number of aromatic nitrogens is 2. The summed E-state index contributed by atoms with van der Waals surface area (Å²) in [7, 11) is 0. The van der Waals surface area contributed by atoms with Crippen LogP contribution in [0.1, 0.15) is 18.8 Å². The third-order valence-electron chi connectivity index (χ3n) is 2.46. The van der Waals surface area contributed by atoms with Crippen molar-refractivity contribution in [3.63, 3.8) is 0 Å². The van der Waals surface area contributed by atoms with E-state index in [1.165, 1.54) is 12.1 Å². The first kappa shape index (κ1) is 10.8. The van der Waals surface area contributed by atoms with Crippen LogP contribution in [0.2, 0.25) is 0 Å². The van der Waals surface area contributed by atoms with Gasteiger partial charge < -0.3 is 10.3 Å². The van der Waals surface area contributed by atoms with Crippen molar-refractivity contribution in [1.82, 2.24) is 9.55 Å². The fraction of sp³-hybridized carbons (Fsp3) is 0.250. The second kappa shape index (κ2) is 4.06. The summed E-state index contributed by atoms with van der Waals surface area (Å²) in [6, 6.07) is 4.37. The summed E-state index contributed by atoms with van der Waals surface area (Å²) < 4.78 is 15.0. The summed E-state index contributed by atoms with van der Waals surface area (Å²) in [5, 5.41) is 0. The molecule has 0 saturated heterocycles. The van der Waals surface area contributed by atoms with Crippen LogP contribution in [0, 0.1) is 5.82 Å². The fourth-order valence-corrected chi connectivity index (χ4v) is 1.79. The highest BCUT2D eigenvalue weighted by Crippen LogP contribution is 2.20. The molecule has 2 rings (SSSR count). The molecule has 1 aromatic heterocycles. The van der Waals surface area contributed by atoms with Crippen molar-refractivity contribution < 1.29 is 4.39 Å². The molecule has 16 heavy (non-hydrogen) atoms. The number of hydrogen-bond donors (Lipinski definition) is 1. The van der Waals surface area contributed by atoms with Crippen LogP contribution < -0.4 is 5.73 Å². The Morgan fingerprint density at radius 3 is 3.00 bits per heavy atom. The lowest BCUT2D eigenvalue weighted by Crippen LogP contribution is -2.13. The van der Waals surface area contributed by atoms with Gasteiger partial charge in [-0.25, -0.2) is 9.37 Å². The number of nitrogens with two attached hydrogens (primary N) is 1. The number of nitrogens with zero attached hydrogens (tertiary/aromatic N) is 2. The highest BCUT2D eigenvalue weighted by atomic mass is 19.1. The van der Waals surface area contributed by atoms with Gasteiger partial charge in [-0.2, -0.15) is 0 Å². The number of rotatable bonds is 3. The van der Waals surface area contributed by atoms with Gasteiger partial charge in [0, 0.05) is 12.6 Å². The number of hydrogen-bond acceptors (Lipinski definition) is 2. The Morgan fingerprint density at radius 2 is 2.38 bits per heavy atom. The largest absolute Gasteiger partial charge is 0.323 e. The summed E-state index contributed by atoms with van der Waals surface area (Å²) in [4.78, 5) is 4.34. The van der Waals surface area contributed by atoms with Crippen LogP contribution in [-0.2, 0) is 6.54 Å². The van der Waals surface area contributed by atoms with E-state index in [-0.39, 0.29) is 11.9 Å². The lowest BCUT2D eigenvalue weighted by atomic mass is 10.3. The standard InChI is InChI=1S/C12H14FN3/c1-3-6-16-11-5-4-9(13)7-10(11)15-12(16)8(2)14/h3-5,7-8H,1,6,14H2,2H3. The fourth-order valence-electron chi connectivity index (χ4n) is 1.79. The van der Waals surface area contributed by atoms with Crippen LogP contribution in [0.4, 0.5) is 4.39 Å². The van der Waals surface area contributed by atoms with Gasteiger partial charge in [0.2, 0.25) is 0 Å². The Labute approximate surface area is 93.4 Å². The molecule has 2 aromatic rings. The SMILES string of the molecule is C=CCn1c(C(C)N)nc2cc(F)ccc21. The van der Waals surface area contributed by atoms with Crippen LogP contribution in [0.15, 0.2) is 30.9 Å². The summed E-state index contributed by atoms with van der Waals surface area (Å²) >= 11 is 0. The van der Waals surface area contributed by atoms with E-state index in [2.05, 4.69) is 11.6 Å². The van der Waals surface area contributed by atoms with Crippen molar-refractivity contribution in [1.29, 1.82) is 0 Å². The second-order valence-corrected chi connectivity index (χ2v) is 3.79. The van der Waals surface area contributed by atoms with Crippen molar-refractivity contribution in [2.75, 3.05) is 0 Å². The average molecular weight is 219 g/mol. The van der Waals surface area contributed by atoms with Crippen molar-refractivity contribution in [2.24, 2.45) is 5.73 Å². The maximum atomic E-state index is 13.1. The molecule has 0 aliphatic heterocycles. The average Bonchev–Trinajstić information content (AvgIpc) is 2.57.